The first kappa shape index (κ1) is 14.8. The summed E-state index contributed by atoms with van der Waals surface area (Å²) in [5.41, 5.74) is 6.68. The van der Waals surface area contributed by atoms with E-state index in [9.17, 15) is 0 Å². The summed E-state index contributed by atoms with van der Waals surface area (Å²) in [6.45, 7) is 8.28. The Morgan fingerprint density at radius 3 is 2.45 bits per heavy atom. The monoisotopic (exact) mass is 293 g/mol. The van der Waals surface area contributed by atoms with Gasteiger partial charge in [-0.2, -0.15) is 10.2 Å². The third kappa shape index (κ3) is 2.31. The highest BCUT2D eigenvalue weighted by molar-refractivity contribution is 6.08. The van der Waals surface area contributed by atoms with Crippen LogP contribution in [-0.2, 0) is 19.5 Å². The highest BCUT2D eigenvalue weighted by atomic mass is 15.1. The zero-order chi connectivity index (χ0) is 15.7. The molecule has 0 atom stereocenters. The Balaban J connectivity index is 2.33. The van der Waals surface area contributed by atoms with Crippen LogP contribution in [0, 0.1) is 6.92 Å². The molecule has 3 heteroatoms. The van der Waals surface area contributed by atoms with Crippen molar-refractivity contribution < 1.29 is 0 Å². The maximum atomic E-state index is 4.12. The Bertz CT molecular complexity index is 856. The van der Waals surface area contributed by atoms with E-state index in [-0.39, 0.29) is 0 Å². The summed E-state index contributed by atoms with van der Waals surface area (Å²) < 4.78 is 2.41. The molecule has 3 rings (SSSR count). The van der Waals surface area contributed by atoms with E-state index in [0.29, 0.717) is 6.54 Å². The van der Waals surface area contributed by atoms with Gasteiger partial charge in [-0.25, -0.2) is 0 Å². The van der Waals surface area contributed by atoms with Gasteiger partial charge in [-0.05, 0) is 61.2 Å². The van der Waals surface area contributed by atoms with E-state index < -0.39 is 0 Å². The van der Waals surface area contributed by atoms with Gasteiger partial charge in [0.25, 0.3) is 0 Å². The van der Waals surface area contributed by atoms with E-state index >= 15 is 0 Å². The molecule has 0 unspecified atom stereocenters. The molecule has 0 aliphatic rings. The highest BCUT2D eigenvalue weighted by Crippen LogP contribution is 2.32. The number of azo groups is 1. The molecular formula is C19H23N3. The van der Waals surface area contributed by atoms with Crippen molar-refractivity contribution in [2.75, 3.05) is 7.05 Å². The number of rotatable bonds is 4. The van der Waals surface area contributed by atoms with E-state index in [1.165, 1.54) is 38.5 Å². The van der Waals surface area contributed by atoms with Crippen molar-refractivity contribution in [2.45, 2.75) is 40.3 Å². The van der Waals surface area contributed by atoms with Crippen molar-refractivity contribution in [2.24, 2.45) is 10.2 Å². The van der Waals surface area contributed by atoms with Gasteiger partial charge in [0.05, 0.1) is 6.54 Å². The van der Waals surface area contributed by atoms with E-state index in [2.05, 4.69) is 65.9 Å². The lowest BCUT2D eigenvalue weighted by molar-refractivity contribution is 0.826. The molecule has 0 N–H and O–H groups in total. The molecule has 114 valence electrons. The first-order valence-electron chi connectivity index (χ1n) is 7.99. The molecular weight excluding hydrogens is 270 g/mol. The maximum Gasteiger partial charge on any atom is 0.0849 e. The van der Waals surface area contributed by atoms with Gasteiger partial charge in [-0.1, -0.05) is 13.0 Å². The Morgan fingerprint density at radius 1 is 1.00 bits per heavy atom. The van der Waals surface area contributed by atoms with Crippen LogP contribution in [-0.4, -0.2) is 11.6 Å². The van der Waals surface area contributed by atoms with Crippen molar-refractivity contribution in [1.29, 1.82) is 0 Å². The molecule has 1 aromatic heterocycles. The van der Waals surface area contributed by atoms with Gasteiger partial charge in [0, 0.05) is 35.4 Å². The van der Waals surface area contributed by atoms with Crippen LogP contribution in [0.3, 0.4) is 0 Å². The molecule has 0 amide bonds. The lowest BCUT2D eigenvalue weighted by Gasteiger charge is -2.06. The molecule has 0 saturated heterocycles. The lowest BCUT2D eigenvalue weighted by Crippen LogP contribution is -1.94. The molecule has 0 spiro atoms. The molecule has 3 aromatic rings. The summed E-state index contributed by atoms with van der Waals surface area (Å²) in [5, 5.41) is 10.6. The van der Waals surface area contributed by atoms with Crippen LogP contribution in [0.5, 0.6) is 0 Å². The largest absolute Gasteiger partial charge is 0.341 e. The molecule has 0 aliphatic heterocycles. The number of hydrogen-bond acceptors (Lipinski definition) is 2. The summed E-state index contributed by atoms with van der Waals surface area (Å²) in [7, 11) is 1.72. The Hall–Kier alpha value is -2.16. The van der Waals surface area contributed by atoms with E-state index in [0.717, 1.165) is 13.0 Å². The zero-order valence-corrected chi connectivity index (χ0v) is 13.8. The number of hydrogen-bond donors (Lipinski definition) is 0. The van der Waals surface area contributed by atoms with Crippen LogP contribution in [0.2, 0.25) is 0 Å². The first-order valence-corrected chi connectivity index (χ1v) is 7.99. The van der Waals surface area contributed by atoms with E-state index in [4.69, 9.17) is 0 Å². The summed E-state index contributed by atoms with van der Waals surface area (Å²) >= 11 is 0. The Kier molecular flexibility index (Phi) is 3.97. The van der Waals surface area contributed by atoms with Crippen molar-refractivity contribution in [1.82, 2.24) is 4.57 Å². The van der Waals surface area contributed by atoms with Crippen LogP contribution in [0.15, 0.2) is 40.6 Å². The fraction of sp³-hybridized carbons (Fsp3) is 0.368. The second kappa shape index (κ2) is 5.91. The fourth-order valence-corrected chi connectivity index (χ4v) is 3.32. The van der Waals surface area contributed by atoms with Crippen LogP contribution >= 0.6 is 0 Å². The minimum absolute atomic E-state index is 0.650. The van der Waals surface area contributed by atoms with Gasteiger partial charge in [-0.3, -0.25) is 0 Å². The summed E-state index contributed by atoms with van der Waals surface area (Å²) in [6.07, 6.45) is 1.08. The molecule has 0 bridgehead atoms. The second-order valence-corrected chi connectivity index (χ2v) is 5.74. The molecule has 3 nitrogen and oxygen atoms in total. The smallest absolute Gasteiger partial charge is 0.0849 e. The summed E-state index contributed by atoms with van der Waals surface area (Å²) in [6, 6.07) is 11.4. The number of aryl methyl sites for hydroxylation is 3. The van der Waals surface area contributed by atoms with E-state index in [1.54, 1.807) is 7.05 Å². The van der Waals surface area contributed by atoms with Crippen LogP contribution in [0.4, 0.5) is 0 Å². The summed E-state index contributed by atoms with van der Waals surface area (Å²) in [5.74, 6) is 0. The number of benzene rings is 2. The predicted octanol–water partition coefficient (Wildman–Crippen LogP) is 5.27. The number of nitrogens with zero attached hydrogens (tertiary/aromatic N) is 3. The molecule has 22 heavy (non-hydrogen) atoms. The van der Waals surface area contributed by atoms with Crippen molar-refractivity contribution in [3.63, 3.8) is 0 Å². The summed E-state index contributed by atoms with van der Waals surface area (Å²) in [4.78, 5) is 0. The highest BCUT2D eigenvalue weighted by Gasteiger charge is 2.12. The molecule has 0 saturated carbocycles. The third-order valence-corrected chi connectivity index (χ3v) is 4.48. The second-order valence-electron chi connectivity index (χ2n) is 5.74. The van der Waals surface area contributed by atoms with Crippen molar-refractivity contribution in [3.8, 4) is 0 Å². The number of fused-ring (bicyclic) bond motifs is 3. The molecule has 0 aliphatic carbocycles. The number of aromatic nitrogens is 1. The first-order chi connectivity index (χ1) is 10.7. The quantitative estimate of drug-likeness (QED) is 0.587. The minimum atomic E-state index is 0.650. The van der Waals surface area contributed by atoms with E-state index in [1.807, 2.05) is 0 Å². The normalized spacial score (nSPS) is 12.0. The van der Waals surface area contributed by atoms with Gasteiger partial charge in [0.15, 0.2) is 0 Å². The fourth-order valence-electron chi connectivity index (χ4n) is 3.32. The third-order valence-electron chi connectivity index (χ3n) is 4.48. The van der Waals surface area contributed by atoms with Crippen molar-refractivity contribution in [3.05, 3.63) is 47.0 Å². The van der Waals surface area contributed by atoms with Crippen LogP contribution in [0.25, 0.3) is 21.8 Å². The van der Waals surface area contributed by atoms with Gasteiger partial charge >= 0.3 is 0 Å². The van der Waals surface area contributed by atoms with Crippen LogP contribution in [0.1, 0.15) is 30.5 Å². The predicted molar refractivity (Wildman–Crippen MR) is 93.7 cm³/mol. The Labute approximate surface area is 131 Å². The Morgan fingerprint density at radius 2 is 1.77 bits per heavy atom. The zero-order valence-electron chi connectivity index (χ0n) is 13.8. The maximum absolute atomic E-state index is 4.12. The lowest BCUT2D eigenvalue weighted by atomic mass is 10.0. The average molecular weight is 293 g/mol. The minimum Gasteiger partial charge on any atom is -0.341 e. The van der Waals surface area contributed by atoms with Crippen molar-refractivity contribution >= 4 is 21.8 Å². The standard InChI is InChI=1S/C19H23N3/c1-5-15-11-19-16(9-13(15)3)17-10-14(12-21-20-4)7-8-18(17)22(19)6-2/h7-11H,5-6,12H2,1-4H3. The van der Waals surface area contributed by atoms with Gasteiger partial charge < -0.3 is 4.57 Å². The molecule has 1 heterocycles. The topological polar surface area (TPSA) is 29.6 Å². The molecule has 2 aromatic carbocycles. The SMILES string of the molecule is CCc1cc2c(cc1C)c1cc(CN=NC)ccc1n2CC. The van der Waals surface area contributed by atoms with Gasteiger partial charge in [0.1, 0.15) is 0 Å². The average Bonchev–Trinajstić information content (AvgIpc) is 2.84. The van der Waals surface area contributed by atoms with Gasteiger partial charge in [-0.15, -0.1) is 0 Å². The molecule has 0 fully saturated rings. The molecule has 0 radical (unpaired) electrons. The van der Waals surface area contributed by atoms with Gasteiger partial charge in [0.2, 0.25) is 0 Å². The van der Waals surface area contributed by atoms with Crippen LogP contribution < -0.4 is 0 Å².